The molecule has 2 aromatic rings. The van der Waals surface area contributed by atoms with Gasteiger partial charge in [0.2, 0.25) is 5.78 Å². The van der Waals surface area contributed by atoms with Crippen LogP contribution in [0, 0.1) is 0 Å². The van der Waals surface area contributed by atoms with Gasteiger partial charge in [-0.15, -0.1) is 0 Å². The maximum Gasteiger partial charge on any atom is 0.265 e. The number of hydrogen-bond acceptors (Lipinski definition) is 6. The number of Topliss-reactive ketones (excluding diaryl/α,β-unsaturated/α-hetero) is 1. The molecule has 0 spiro atoms. The summed E-state index contributed by atoms with van der Waals surface area (Å²) in [5.74, 6) is 0.721. The van der Waals surface area contributed by atoms with E-state index < -0.39 is 0 Å². The zero-order valence-electron chi connectivity index (χ0n) is 11.5. The van der Waals surface area contributed by atoms with Crippen LogP contribution in [0.2, 0.25) is 0 Å². The molecule has 21 heavy (non-hydrogen) atoms. The molecule has 1 N–H and O–H groups in total. The third kappa shape index (κ3) is 2.26. The number of carbonyl (C=O) groups is 1. The molecule has 6 heteroatoms. The van der Waals surface area contributed by atoms with Crippen LogP contribution in [0.5, 0.6) is 0 Å². The van der Waals surface area contributed by atoms with E-state index in [1.54, 1.807) is 18.6 Å². The van der Waals surface area contributed by atoms with Gasteiger partial charge in [-0.25, -0.2) is 4.98 Å². The van der Waals surface area contributed by atoms with Gasteiger partial charge >= 0.3 is 0 Å². The molecule has 2 aromatic heterocycles. The maximum absolute atomic E-state index is 12.6. The van der Waals surface area contributed by atoms with Crippen LogP contribution < -0.4 is 5.32 Å². The van der Waals surface area contributed by atoms with Crippen molar-refractivity contribution in [3.8, 4) is 11.3 Å². The summed E-state index contributed by atoms with van der Waals surface area (Å²) in [4.78, 5) is 23.0. The molecular formula is C15H16N4O2. The predicted molar refractivity (Wildman–Crippen MR) is 75.8 cm³/mol. The van der Waals surface area contributed by atoms with Gasteiger partial charge in [-0.2, -0.15) is 0 Å². The fourth-order valence-corrected chi connectivity index (χ4v) is 3.08. The molecule has 0 radical (unpaired) electrons. The number of carbonyl (C=O) groups excluding carboxylic acids is 1. The Hall–Kier alpha value is -2.05. The first-order chi connectivity index (χ1) is 10.3. The number of ketones is 1. The molecule has 6 nitrogen and oxygen atoms in total. The SMILES string of the molecule is O=C(c1ncc(-c2cccnc2)o1)C1CNC2CCN1C2. The van der Waals surface area contributed by atoms with Crippen molar-refractivity contribution in [3.05, 3.63) is 36.6 Å². The summed E-state index contributed by atoms with van der Waals surface area (Å²) in [5.41, 5.74) is 0.826. The number of nitrogens with zero attached hydrogens (tertiary/aromatic N) is 3. The van der Waals surface area contributed by atoms with Crippen molar-refractivity contribution in [3.63, 3.8) is 0 Å². The lowest BCUT2D eigenvalue weighted by molar-refractivity contribution is 0.0782. The second-order valence-corrected chi connectivity index (χ2v) is 5.54. The van der Waals surface area contributed by atoms with Crippen molar-refractivity contribution in [1.29, 1.82) is 0 Å². The Balaban J connectivity index is 1.56. The Bertz CT molecular complexity index is 655. The first-order valence-electron chi connectivity index (χ1n) is 7.19. The Morgan fingerprint density at radius 1 is 1.43 bits per heavy atom. The average molecular weight is 284 g/mol. The third-order valence-corrected chi connectivity index (χ3v) is 4.23. The summed E-state index contributed by atoms with van der Waals surface area (Å²) >= 11 is 0. The van der Waals surface area contributed by atoms with Crippen LogP contribution in [0.3, 0.4) is 0 Å². The molecule has 2 bridgehead atoms. The average Bonchev–Trinajstić information content (AvgIpc) is 3.15. The highest BCUT2D eigenvalue weighted by molar-refractivity contribution is 5.96. The standard InChI is InChI=1S/C15H16N4O2/c20-14(12-7-17-11-3-5-19(12)9-11)15-18-8-13(21-15)10-2-1-4-16-6-10/h1-2,4,6,8,11-12,17H,3,5,7,9H2. The van der Waals surface area contributed by atoms with Gasteiger partial charge in [-0.05, 0) is 18.6 Å². The van der Waals surface area contributed by atoms with Crippen molar-refractivity contribution in [2.24, 2.45) is 0 Å². The lowest BCUT2D eigenvalue weighted by Crippen LogP contribution is -2.53. The van der Waals surface area contributed by atoms with Crippen LogP contribution in [-0.4, -0.2) is 52.4 Å². The molecule has 2 saturated heterocycles. The fourth-order valence-electron chi connectivity index (χ4n) is 3.08. The number of rotatable bonds is 3. The minimum Gasteiger partial charge on any atom is -0.434 e. The fraction of sp³-hybridized carbons (Fsp3) is 0.400. The quantitative estimate of drug-likeness (QED) is 0.847. The second kappa shape index (κ2) is 5.05. The lowest BCUT2D eigenvalue weighted by Gasteiger charge is -2.30. The number of aromatic nitrogens is 2. The smallest absolute Gasteiger partial charge is 0.265 e. The van der Waals surface area contributed by atoms with Gasteiger partial charge in [0, 0.05) is 43.6 Å². The Labute approximate surface area is 122 Å². The molecule has 108 valence electrons. The van der Waals surface area contributed by atoms with Gasteiger partial charge in [0.25, 0.3) is 5.89 Å². The summed E-state index contributed by atoms with van der Waals surface area (Å²) < 4.78 is 5.64. The van der Waals surface area contributed by atoms with Crippen LogP contribution >= 0.6 is 0 Å². The van der Waals surface area contributed by atoms with E-state index in [0.717, 1.165) is 25.1 Å². The molecule has 2 aliphatic rings. The molecule has 0 amide bonds. The zero-order chi connectivity index (χ0) is 14.2. The highest BCUT2D eigenvalue weighted by Gasteiger charge is 2.38. The van der Waals surface area contributed by atoms with E-state index in [-0.39, 0.29) is 17.7 Å². The van der Waals surface area contributed by atoms with Crippen LogP contribution in [-0.2, 0) is 0 Å². The van der Waals surface area contributed by atoms with Gasteiger partial charge in [0.1, 0.15) is 0 Å². The first-order valence-corrected chi connectivity index (χ1v) is 7.19. The summed E-state index contributed by atoms with van der Waals surface area (Å²) in [7, 11) is 0. The van der Waals surface area contributed by atoms with E-state index in [1.165, 1.54) is 0 Å². The molecule has 2 fully saturated rings. The minimum absolute atomic E-state index is 0.0435. The number of fused-ring (bicyclic) bond motifs is 2. The van der Waals surface area contributed by atoms with Gasteiger partial charge in [0.15, 0.2) is 5.76 Å². The highest BCUT2D eigenvalue weighted by Crippen LogP contribution is 2.23. The summed E-state index contributed by atoms with van der Waals surface area (Å²) in [6, 6.07) is 4.08. The topological polar surface area (TPSA) is 71.3 Å². The van der Waals surface area contributed by atoms with Crippen molar-refractivity contribution in [2.45, 2.75) is 18.5 Å². The molecular weight excluding hydrogens is 268 g/mol. The third-order valence-electron chi connectivity index (χ3n) is 4.23. The minimum atomic E-state index is -0.163. The number of pyridine rings is 1. The summed E-state index contributed by atoms with van der Waals surface area (Å²) in [5, 5.41) is 3.41. The summed E-state index contributed by atoms with van der Waals surface area (Å²) in [6.45, 7) is 2.57. The molecule has 2 aliphatic heterocycles. The van der Waals surface area contributed by atoms with E-state index in [1.807, 2.05) is 12.1 Å². The Morgan fingerprint density at radius 3 is 3.24 bits per heavy atom. The molecule has 3 atom stereocenters. The Morgan fingerprint density at radius 2 is 2.38 bits per heavy atom. The van der Waals surface area contributed by atoms with Crippen molar-refractivity contribution < 1.29 is 9.21 Å². The van der Waals surface area contributed by atoms with Crippen LogP contribution in [0.1, 0.15) is 17.1 Å². The van der Waals surface area contributed by atoms with Gasteiger partial charge in [-0.1, -0.05) is 0 Å². The highest BCUT2D eigenvalue weighted by atomic mass is 16.4. The normalized spacial score (nSPS) is 27.7. The zero-order valence-corrected chi connectivity index (χ0v) is 11.5. The lowest BCUT2D eigenvalue weighted by atomic mass is 10.1. The first kappa shape index (κ1) is 12.7. The molecule has 0 saturated carbocycles. The summed E-state index contributed by atoms with van der Waals surface area (Å²) in [6.07, 6.45) is 6.09. The van der Waals surface area contributed by atoms with Crippen molar-refractivity contribution in [2.75, 3.05) is 19.6 Å². The van der Waals surface area contributed by atoms with Crippen molar-refractivity contribution >= 4 is 5.78 Å². The molecule has 0 aliphatic carbocycles. The number of hydrogen-bond donors (Lipinski definition) is 1. The van der Waals surface area contributed by atoms with E-state index in [2.05, 4.69) is 20.2 Å². The van der Waals surface area contributed by atoms with Crippen LogP contribution in [0.25, 0.3) is 11.3 Å². The van der Waals surface area contributed by atoms with E-state index in [9.17, 15) is 4.79 Å². The van der Waals surface area contributed by atoms with Gasteiger partial charge in [-0.3, -0.25) is 14.7 Å². The molecule has 0 aromatic carbocycles. The van der Waals surface area contributed by atoms with Crippen molar-refractivity contribution in [1.82, 2.24) is 20.2 Å². The molecule has 4 heterocycles. The number of oxazole rings is 1. The number of nitrogens with one attached hydrogen (secondary N) is 1. The van der Waals surface area contributed by atoms with E-state index in [0.29, 0.717) is 18.3 Å². The largest absolute Gasteiger partial charge is 0.434 e. The maximum atomic E-state index is 12.6. The second-order valence-electron chi connectivity index (χ2n) is 5.54. The van der Waals surface area contributed by atoms with Crippen LogP contribution in [0.15, 0.2) is 35.1 Å². The van der Waals surface area contributed by atoms with E-state index in [4.69, 9.17) is 4.42 Å². The molecule has 3 unspecified atom stereocenters. The van der Waals surface area contributed by atoms with Gasteiger partial charge in [0.05, 0.1) is 12.2 Å². The van der Waals surface area contributed by atoms with Gasteiger partial charge < -0.3 is 9.73 Å². The Kier molecular flexibility index (Phi) is 3.05. The molecule has 4 rings (SSSR count). The monoisotopic (exact) mass is 284 g/mol. The number of piperazine rings is 1. The predicted octanol–water partition coefficient (Wildman–Crippen LogP) is 0.965. The van der Waals surface area contributed by atoms with E-state index >= 15 is 0 Å². The van der Waals surface area contributed by atoms with Crippen LogP contribution in [0.4, 0.5) is 0 Å².